The van der Waals surface area contributed by atoms with Gasteiger partial charge in [0.2, 0.25) is 5.82 Å². The van der Waals surface area contributed by atoms with Gasteiger partial charge in [-0.05, 0) is 30.7 Å². The maximum absolute atomic E-state index is 4.00. The van der Waals surface area contributed by atoms with Gasteiger partial charge in [-0.3, -0.25) is 0 Å². The summed E-state index contributed by atoms with van der Waals surface area (Å²) in [6.45, 7) is 4.27. The van der Waals surface area contributed by atoms with Gasteiger partial charge < -0.3 is 4.57 Å². The van der Waals surface area contributed by atoms with Crippen LogP contribution in [0.3, 0.4) is 0 Å². The van der Waals surface area contributed by atoms with Crippen molar-refractivity contribution in [2.75, 3.05) is 0 Å². The van der Waals surface area contributed by atoms with Gasteiger partial charge in [-0.1, -0.05) is 12.1 Å². The molecule has 0 spiro atoms. The Morgan fingerprint density at radius 2 is 2.06 bits per heavy atom. The highest BCUT2D eigenvalue weighted by Crippen LogP contribution is 2.27. The van der Waals surface area contributed by atoms with E-state index in [-0.39, 0.29) is 0 Å². The number of benzene rings is 1. The van der Waals surface area contributed by atoms with Crippen LogP contribution in [0.1, 0.15) is 11.3 Å². The molecule has 86 valence electrons. The summed E-state index contributed by atoms with van der Waals surface area (Å²) in [5, 5.41) is 15.3. The molecule has 2 heterocycles. The largest absolute Gasteiger partial charge is 0.348 e. The first-order chi connectivity index (χ1) is 8.18. The molecular formula is C12H13N5. The number of nitrogens with zero attached hydrogens (tertiary/aromatic N) is 4. The average molecular weight is 227 g/mol. The van der Waals surface area contributed by atoms with Crippen LogP contribution in [-0.2, 0) is 7.05 Å². The lowest BCUT2D eigenvalue weighted by molar-refractivity contribution is 0.881. The third-order valence-electron chi connectivity index (χ3n) is 3.41. The van der Waals surface area contributed by atoms with E-state index in [0.717, 1.165) is 5.56 Å². The molecule has 0 amide bonds. The highest BCUT2D eigenvalue weighted by molar-refractivity contribution is 5.88. The molecule has 17 heavy (non-hydrogen) atoms. The summed E-state index contributed by atoms with van der Waals surface area (Å²) in [7, 11) is 2.07. The van der Waals surface area contributed by atoms with Crippen LogP contribution in [0.2, 0.25) is 0 Å². The monoisotopic (exact) mass is 227 g/mol. The molecule has 0 aliphatic carbocycles. The van der Waals surface area contributed by atoms with Crippen molar-refractivity contribution in [2.45, 2.75) is 13.8 Å². The molecular weight excluding hydrogens is 214 g/mol. The molecule has 3 aromatic rings. The van der Waals surface area contributed by atoms with E-state index in [1.165, 1.54) is 22.2 Å². The SMILES string of the molecule is Cc1c(C)n(C)c2cc(-c3nn[nH]n3)ccc12. The van der Waals surface area contributed by atoms with E-state index in [4.69, 9.17) is 0 Å². The van der Waals surface area contributed by atoms with E-state index < -0.39 is 0 Å². The zero-order chi connectivity index (χ0) is 12.0. The molecule has 0 unspecified atom stereocenters. The maximum Gasteiger partial charge on any atom is 0.204 e. The predicted molar refractivity (Wildman–Crippen MR) is 65.6 cm³/mol. The first-order valence-corrected chi connectivity index (χ1v) is 5.48. The van der Waals surface area contributed by atoms with E-state index in [9.17, 15) is 0 Å². The molecule has 2 aromatic heterocycles. The van der Waals surface area contributed by atoms with Gasteiger partial charge >= 0.3 is 0 Å². The first kappa shape index (κ1) is 10.0. The topological polar surface area (TPSA) is 59.4 Å². The van der Waals surface area contributed by atoms with Crippen LogP contribution in [0.25, 0.3) is 22.3 Å². The third kappa shape index (κ3) is 1.35. The Labute approximate surface area is 98.5 Å². The van der Waals surface area contributed by atoms with Crippen LogP contribution in [-0.4, -0.2) is 25.2 Å². The van der Waals surface area contributed by atoms with Crippen LogP contribution in [0, 0.1) is 13.8 Å². The molecule has 0 fully saturated rings. The Balaban J connectivity index is 2.30. The smallest absolute Gasteiger partial charge is 0.204 e. The minimum absolute atomic E-state index is 0.628. The summed E-state index contributed by atoms with van der Waals surface area (Å²) in [4.78, 5) is 0. The van der Waals surface area contributed by atoms with Gasteiger partial charge in [0, 0.05) is 29.2 Å². The number of nitrogens with one attached hydrogen (secondary N) is 1. The van der Waals surface area contributed by atoms with Crippen LogP contribution in [0.15, 0.2) is 18.2 Å². The Hall–Kier alpha value is -2.17. The third-order valence-corrected chi connectivity index (χ3v) is 3.41. The number of hydrogen-bond donors (Lipinski definition) is 1. The van der Waals surface area contributed by atoms with E-state index in [1.807, 2.05) is 6.07 Å². The number of fused-ring (bicyclic) bond motifs is 1. The maximum atomic E-state index is 4.00. The van der Waals surface area contributed by atoms with Crippen molar-refractivity contribution in [1.29, 1.82) is 0 Å². The predicted octanol–water partition coefficient (Wildman–Crippen LogP) is 1.98. The Morgan fingerprint density at radius 1 is 1.24 bits per heavy atom. The Bertz CT molecular complexity index is 679. The fraction of sp³-hybridized carbons (Fsp3) is 0.250. The number of aromatic amines is 1. The summed E-state index contributed by atoms with van der Waals surface area (Å²) in [5.41, 5.74) is 4.78. The second kappa shape index (κ2) is 3.41. The molecule has 0 bridgehead atoms. The lowest BCUT2D eigenvalue weighted by Gasteiger charge is -2.00. The lowest BCUT2D eigenvalue weighted by Crippen LogP contribution is -1.90. The van der Waals surface area contributed by atoms with Crippen molar-refractivity contribution in [3.63, 3.8) is 0 Å². The Kier molecular flexibility index (Phi) is 2.01. The molecule has 5 heteroatoms. The average Bonchev–Trinajstić information content (AvgIpc) is 2.94. The Morgan fingerprint density at radius 3 is 2.76 bits per heavy atom. The number of H-pyrrole nitrogens is 1. The van der Waals surface area contributed by atoms with Crippen molar-refractivity contribution in [3.8, 4) is 11.4 Å². The quantitative estimate of drug-likeness (QED) is 0.691. The van der Waals surface area contributed by atoms with Gasteiger partial charge in [0.1, 0.15) is 0 Å². The van der Waals surface area contributed by atoms with Crippen molar-refractivity contribution in [1.82, 2.24) is 25.2 Å². The van der Waals surface area contributed by atoms with Gasteiger partial charge in [-0.2, -0.15) is 5.21 Å². The molecule has 0 atom stereocenters. The van der Waals surface area contributed by atoms with E-state index in [2.05, 4.69) is 58.2 Å². The zero-order valence-corrected chi connectivity index (χ0v) is 10.0. The molecule has 0 saturated heterocycles. The van der Waals surface area contributed by atoms with Crippen molar-refractivity contribution >= 4 is 10.9 Å². The number of rotatable bonds is 1. The zero-order valence-electron chi connectivity index (χ0n) is 10.0. The summed E-state index contributed by atoms with van der Waals surface area (Å²) < 4.78 is 2.19. The molecule has 0 aliphatic rings. The van der Waals surface area contributed by atoms with Crippen LogP contribution in [0.5, 0.6) is 0 Å². The molecule has 1 aromatic carbocycles. The van der Waals surface area contributed by atoms with Crippen LogP contribution >= 0.6 is 0 Å². The molecule has 0 saturated carbocycles. The number of aromatic nitrogens is 5. The standard InChI is InChI=1S/C12H13N5/c1-7-8(2)17(3)11-6-9(4-5-10(7)11)12-13-15-16-14-12/h4-6H,1-3H3,(H,13,14,15,16). The van der Waals surface area contributed by atoms with Crippen molar-refractivity contribution in [2.24, 2.45) is 7.05 Å². The minimum Gasteiger partial charge on any atom is -0.348 e. The highest BCUT2D eigenvalue weighted by atomic mass is 15.5. The second-order valence-corrected chi connectivity index (χ2v) is 4.24. The van der Waals surface area contributed by atoms with Gasteiger partial charge in [0.15, 0.2) is 0 Å². The highest BCUT2D eigenvalue weighted by Gasteiger charge is 2.10. The summed E-state index contributed by atoms with van der Waals surface area (Å²) in [6, 6.07) is 6.24. The number of hydrogen-bond acceptors (Lipinski definition) is 3. The molecule has 1 N–H and O–H groups in total. The fourth-order valence-corrected chi connectivity index (χ4v) is 2.18. The number of tetrazole rings is 1. The van der Waals surface area contributed by atoms with Crippen LogP contribution in [0.4, 0.5) is 0 Å². The normalized spacial score (nSPS) is 11.2. The second-order valence-electron chi connectivity index (χ2n) is 4.24. The minimum atomic E-state index is 0.628. The van der Waals surface area contributed by atoms with E-state index in [0.29, 0.717) is 5.82 Å². The van der Waals surface area contributed by atoms with E-state index >= 15 is 0 Å². The molecule has 5 nitrogen and oxygen atoms in total. The van der Waals surface area contributed by atoms with Gasteiger partial charge in [0.05, 0.1) is 0 Å². The van der Waals surface area contributed by atoms with Crippen molar-refractivity contribution in [3.05, 3.63) is 29.5 Å². The van der Waals surface area contributed by atoms with Crippen LogP contribution < -0.4 is 0 Å². The molecule has 0 radical (unpaired) electrons. The molecule has 3 rings (SSSR count). The van der Waals surface area contributed by atoms with Gasteiger partial charge in [-0.25, -0.2) is 0 Å². The lowest BCUT2D eigenvalue weighted by atomic mass is 10.1. The van der Waals surface area contributed by atoms with Gasteiger partial charge in [-0.15, -0.1) is 10.2 Å². The first-order valence-electron chi connectivity index (χ1n) is 5.48. The summed E-state index contributed by atoms with van der Waals surface area (Å²) in [5.74, 6) is 0.628. The molecule has 0 aliphatic heterocycles. The van der Waals surface area contributed by atoms with Crippen molar-refractivity contribution < 1.29 is 0 Å². The summed E-state index contributed by atoms with van der Waals surface area (Å²) in [6.07, 6.45) is 0. The van der Waals surface area contributed by atoms with Gasteiger partial charge in [0.25, 0.3) is 0 Å². The van der Waals surface area contributed by atoms with E-state index in [1.54, 1.807) is 0 Å². The number of aryl methyl sites for hydroxylation is 2. The summed E-state index contributed by atoms with van der Waals surface area (Å²) >= 11 is 0. The fourth-order valence-electron chi connectivity index (χ4n) is 2.18.